The van der Waals surface area contributed by atoms with Gasteiger partial charge in [0.25, 0.3) is 0 Å². The van der Waals surface area contributed by atoms with Gasteiger partial charge in [0.1, 0.15) is 5.75 Å². The van der Waals surface area contributed by atoms with Gasteiger partial charge in [0.2, 0.25) is 5.91 Å². The second-order valence-corrected chi connectivity index (χ2v) is 6.92. The van der Waals surface area contributed by atoms with Crippen molar-refractivity contribution < 1.29 is 19.4 Å². The summed E-state index contributed by atoms with van der Waals surface area (Å²) in [6, 6.07) is 7.88. The number of carbonyl (C=O) groups is 1. The van der Waals surface area contributed by atoms with Gasteiger partial charge in [0, 0.05) is 31.7 Å². The molecule has 0 aliphatic carbocycles. The van der Waals surface area contributed by atoms with E-state index in [2.05, 4.69) is 22.8 Å². The molecule has 138 valence electrons. The SMILES string of the molecule is CCOc1ccc(C2(CNC(=O)[C@H]3C[C@H](O)CN3)CCOCC2)cc1. The Labute approximate surface area is 148 Å². The first kappa shape index (κ1) is 18.2. The number of amides is 1. The first-order valence-corrected chi connectivity index (χ1v) is 9.13. The largest absolute Gasteiger partial charge is 0.494 e. The fourth-order valence-corrected chi connectivity index (χ4v) is 3.70. The topological polar surface area (TPSA) is 79.8 Å². The van der Waals surface area contributed by atoms with Gasteiger partial charge in [-0.2, -0.15) is 0 Å². The minimum absolute atomic E-state index is 0.0339. The smallest absolute Gasteiger partial charge is 0.237 e. The maximum atomic E-state index is 12.4. The summed E-state index contributed by atoms with van der Waals surface area (Å²) in [7, 11) is 0. The molecule has 2 saturated heterocycles. The molecule has 1 aromatic rings. The summed E-state index contributed by atoms with van der Waals surface area (Å²) >= 11 is 0. The van der Waals surface area contributed by atoms with Crippen LogP contribution >= 0.6 is 0 Å². The lowest BCUT2D eigenvalue weighted by Gasteiger charge is -2.38. The number of ether oxygens (including phenoxy) is 2. The third kappa shape index (κ3) is 4.32. The van der Waals surface area contributed by atoms with E-state index in [9.17, 15) is 9.90 Å². The molecule has 0 radical (unpaired) electrons. The van der Waals surface area contributed by atoms with E-state index in [4.69, 9.17) is 9.47 Å². The maximum Gasteiger partial charge on any atom is 0.237 e. The second-order valence-electron chi connectivity index (χ2n) is 6.92. The number of benzene rings is 1. The van der Waals surface area contributed by atoms with Gasteiger partial charge >= 0.3 is 0 Å². The zero-order valence-corrected chi connectivity index (χ0v) is 14.8. The van der Waals surface area contributed by atoms with E-state index in [1.54, 1.807) is 0 Å². The van der Waals surface area contributed by atoms with Crippen molar-refractivity contribution in [1.82, 2.24) is 10.6 Å². The highest BCUT2D eigenvalue weighted by molar-refractivity contribution is 5.82. The Hall–Kier alpha value is -1.63. The quantitative estimate of drug-likeness (QED) is 0.714. The molecule has 0 unspecified atom stereocenters. The molecule has 2 fully saturated rings. The first-order chi connectivity index (χ1) is 12.1. The van der Waals surface area contributed by atoms with E-state index < -0.39 is 6.10 Å². The number of carbonyl (C=O) groups excluding carboxylic acids is 1. The van der Waals surface area contributed by atoms with E-state index in [-0.39, 0.29) is 17.4 Å². The van der Waals surface area contributed by atoms with Crippen molar-refractivity contribution in [2.24, 2.45) is 0 Å². The molecule has 1 amide bonds. The highest BCUT2D eigenvalue weighted by Gasteiger charge is 2.36. The van der Waals surface area contributed by atoms with Crippen molar-refractivity contribution in [3.63, 3.8) is 0 Å². The highest BCUT2D eigenvalue weighted by Crippen LogP contribution is 2.35. The predicted octanol–water partition coefficient (Wildman–Crippen LogP) is 0.972. The zero-order valence-electron chi connectivity index (χ0n) is 14.8. The lowest BCUT2D eigenvalue weighted by molar-refractivity contribution is -0.123. The Morgan fingerprint density at radius 1 is 1.36 bits per heavy atom. The molecule has 2 aliphatic rings. The van der Waals surface area contributed by atoms with Crippen molar-refractivity contribution in [3.05, 3.63) is 29.8 Å². The summed E-state index contributed by atoms with van der Waals surface area (Å²) in [5.41, 5.74) is 1.09. The number of hydrogen-bond acceptors (Lipinski definition) is 5. The van der Waals surface area contributed by atoms with Gasteiger partial charge in [-0.05, 0) is 43.9 Å². The minimum Gasteiger partial charge on any atom is -0.494 e. The Morgan fingerprint density at radius 3 is 2.68 bits per heavy atom. The van der Waals surface area contributed by atoms with Crippen molar-refractivity contribution in [1.29, 1.82) is 0 Å². The van der Waals surface area contributed by atoms with Gasteiger partial charge in [-0.3, -0.25) is 4.79 Å². The van der Waals surface area contributed by atoms with Gasteiger partial charge < -0.3 is 25.2 Å². The number of rotatable bonds is 6. The molecule has 3 rings (SSSR count). The standard InChI is InChI=1S/C19H28N2O4/c1-2-25-16-5-3-14(4-6-16)19(7-9-24-10-8-19)13-21-18(23)17-11-15(22)12-20-17/h3-6,15,17,20,22H,2,7-13H2,1H3,(H,21,23)/t15-,17+/m0/s1. The van der Waals surface area contributed by atoms with Crippen LogP contribution in [-0.2, 0) is 14.9 Å². The number of β-amino-alcohol motifs (C(OH)–C–C–N with tert-alkyl or cyclic N) is 1. The van der Waals surface area contributed by atoms with Crippen molar-refractivity contribution in [2.75, 3.05) is 32.9 Å². The Bertz CT molecular complexity index is 569. The summed E-state index contributed by atoms with van der Waals surface area (Å²) in [5, 5.41) is 15.8. The van der Waals surface area contributed by atoms with Crippen LogP contribution in [0, 0.1) is 0 Å². The van der Waals surface area contributed by atoms with Crippen LogP contribution in [0.1, 0.15) is 31.7 Å². The van der Waals surface area contributed by atoms with Crippen LogP contribution in [0.25, 0.3) is 0 Å². The van der Waals surface area contributed by atoms with Crippen LogP contribution in [0.4, 0.5) is 0 Å². The monoisotopic (exact) mass is 348 g/mol. The Kier molecular flexibility index (Phi) is 5.93. The van der Waals surface area contributed by atoms with Gasteiger partial charge in [0.05, 0.1) is 18.8 Å². The predicted molar refractivity (Wildman–Crippen MR) is 94.8 cm³/mol. The number of aliphatic hydroxyl groups excluding tert-OH is 1. The van der Waals surface area contributed by atoms with Crippen LogP contribution in [0.5, 0.6) is 5.75 Å². The maximum absolute atomic E-state index is 12.4. The molecule has 0 bridgehead atoms. The Balaban J connectivity index is 1.69. The Morgan fingerprint density at radius 2 is 2.08 bits per heavy atom. The van der Waals surface area contributed by atoms with Crippen LogP contribution in [0.2, 0.25) is 0 Å². The summed E-state index contributed by atoms with van der Waals surface area (Å²) < 4.78 is 11.1. The number of aliphatic hydroxyl groups is 1. The third-order valence-electron chi connectivity index (χ3n) is 5.25. The minimum atomic E-state index is -0.432. The average molecular weight is 348 g/mol. The van der Waals surface area contributed by atoms with E-state index in [0.717, 1.165) is 18.6 Å². The van der Waals surface area contributed by atoms with E-state index in [1.165, 1.54) is 5.56 Å². The fourth-order valence-electron chi connectivity index (χ4n) is 3.70. The van der Waals surface area contributed by atoms with Crippen LogP contribution in [0.15, 0.2) is 24.3 Å². The van der Waals surface area contributed by atoms with E-state index in [0.29, 0.717) is 39.3 Å². The molecular formula is C19H28N2O4. The first-order valence-electron chi connectivity index (χ1n) is 9.13. The summed E-state index contributed by atoms with van der Waals surface area (Å²) in [4.78, 5) is 12.4. The molecule has 2 aliphatic heterocycles. The number of hydrogen-bond donors (Lipinski definition) is 3. The average Bonchev–Trinajstić information content (AvgIpc) is 3.08. The molecule has 0 spiro atoms. The molecule has 3 N–H and O–H groups in total. The lowest BCUT2D eigenvalue weighted by Crippen LogP contribution is -2.48. The van der Waals surface area contributed by atoms with Crippen molar-refractivity contribution in [2.45, 2.75) is 43.7 Å². The summed E-state index contributed by atoms with van der Waals surface area (Å²) in [6.07, 6.45) is 1.80. The van der Waals surface area contributed by atoms with E-state index >= 15 is 0 Å². The second kappa shape index (κ2) is 8.17. The highest BCUT2D eigenvalue weighted by atomic mass is 16.5. The summed E-state index contributed by atoms with van der Waals surface area (Å²) in [5.74, 6) is 0.829. The van der Waals surface area contributed by atoms with Crippen LogP contribution in [0.3, 0.4) is 0 Å². The molecule has 1 aromatic carbocycles. The van der Waals surface area contributed by atoms with Crippen LogP contribution in [-0.4, -0.2) is 56.1 Å². The van der Waals surface area contributed by atoms with E-state index in [1.807, 2.05) is 19.1 Å². The molecule has 2 heterocycles. The zero-order chi connectivity index (χ0) is 17.7. The van der Waals surface area contributed by atoms with Crippen molar-refractivity contribution >= 4 is 5.91 Å². The normalized spacial score (nSPS) is 25.5. The molecule has 6 heteroatoms. The molecule has 0 aromatic heterocycles. The molecular weight excluding hydrogens is 320 g/mol. The molecule has 2 atom stereocenters. The third-order valence-corrected chi connectivity index (χ3v) is 5.25. The fraction of sp³-hybridized carbons (Fsp3) is 0.632. The van der Waals surface area contributed by atoms with Gasteiger partial charge in [-0.25, -0.2) is 0 Å². The van der Waals surface area contributed by atoms with Gasteiger partial charge in [0.15, 0.2) is 0 Å². The number of nitrogens with one attached hydrogen (secondary N) is 2. The lowest BCUT2D eigenvalue weighted by atomic mass is 9.74. The molecule has 6 nitrogen and oxygen atoms in total. The molecule has 25 heavy (non-hydrogen) atoms. The van der Waals surface area contributed by atoms with Crippen LogP contribution < -0.4 is 15.4 Å². The van der Waals surface area contributed by atoms with Gasteiger partial charge in [-0.15, -0.1) is 0 Å². The molecule has 0 saturated carbocycles. The summed E-state index contributed by atoms with van der Waals surface area (Å²) in [6.45, 7) is 5.08. The van der Waals surface area contributed by atoms with Crippen molar-refractivity contribution in [3.8, 4) is 5.75 Å². The van der Waals surface area contributed by atoms with Gasteiger partial charge in [-0.1, -0.05) is 12.1 Å².